The van der Waals surface area contributed by atoms with E-state index in [0.717, 1.165) is 32.3 Å². The van der Waals surface area contributed by atoms with Crippen LogP contribution >= 0.6 is 11.3 Å². The molecular weight excluding hydrogens is 458 g/mol. The summed E-state index contributed by atoms with van der Waals surface area (Å²) in [5.74, 6) is 1.18. The van der Waals surface area contributed by atoms with Crippen LogP contribution in [0.5, 0.6) is 11.5 Å². The van der Waals surface area contributed by atoms with Crippen molar-refractivity contribution in [3.8, 4) is 11.5 Å². The number of pyridine rings is 1. The zero-order chi connectivity index (χ0) is 24.2. The third kappa shape index (κ3) is 4.68. The van der Waals surface area contributed by atoms with E-state index in [0.29, 0.717) is 36.2 Å². The van der Waals surface area contributed by atoms with Gasteiger partial charge in [0.15, 0.2) is 5.13 Å². The van der Waals surface area contributed by atoms with Crippen LogP contribution in [0.1, 0.15) is 29.8 Å². The Morgan fingerprint density at radius 1 is 0.971 bits per heavy atom. The van der Waals surface area contributed by atoms with Gasteiger partial charge in [-0.05, 0) is 60.5 Å². The average Bonchev–Trinajstić information content (AvgIpc) is 3.31. The number of fused-ring (bicyclic) bond motifs is 2. The minimum atomic E-state index is -0.168. The van der Waals surface area contributed by atoms with E-state index in [4.69, 9.17) is 14.5 Å². The number of benzene rings is 3. The number of thiazole rings is 1. The van der Waals surface area contributed by atoms with Crippen LogP contribution in [0.2, 0.25) is 0 Å². The van der Waals surface area contributed by atoms with Gasteiger partial charge in [-0.3, -0.25) is 14.7 Å². The Morgan fingerprint density at radius 2 is 1.83 bits per heavy atom. The molecule has 1 amide bonds. The molecule has 35 heavy (non-hydrogen) atoms. The Morgan fingerprint density at radius 3 is 2.63 bits per heavy atom. The highest BCUT2D eigenvalue weighted by atomic mass is 32.1. The van der Waals surface area contributed by atoms with Gasteiger partial charge in [0.1, 0.15) is 11.5 Å². The quantitative estimate of drug-likeness (QED) is 0.252. The highest BCUT2D eigenvalue weighted by Gasteiger charge is 2.26. The van der Waals surface area contributed by atoms with Crippen LogP contribution in [0, 0.1) is 0 Å². The van der Waals surface area contributed by atoms with Crippen molar-refractivity contribution in [2.24, 2.45) is 0 Å². The van der Waals surface area contributed by atoms with Gasteiger partial charge in [-0.1, -0.05) is 47.7 Å². The van der Waals surface area contributed by atoms with Crippen molar-refractivity contribution in [3.05, 3.63) is 90.3 Å². The molecule has 5 rings (SSSR count). The molecule has 0 unspecified atom stereocenters. The van der Waals surface area contributed by atoms with E-state index < -0.39 is 0 Å². The maximum absolute atomic E-state index is 14.3. The molecule has 0 spiro atoms. The lowest BCUT2D eigenvalue weighted by atomic mass is 10.0. The van der Waals surface area contributed by atoms with E-state index in [-0.39, 0.29) is 5.91 Å². The Labute approximate surface area is 207 Å². The molecule has 0 bridgehead atoms. The van der Waals surface area contributed by atoms with Crippen LogP contribution in [0.25, 0.3) is 21.0 Å². The zero-order valence-corrected chi connectivity index (χ0v) is 20.4. The fourth-order valence-electron chi connectivity index (χ4n) is 4.05. The summed E-state index contributed by atoms with van der Waals surface area (Å²) >= 11 is 1.47. The summed E-state index contributed by atoms with van der Waals surface area (Å²) in [6, 6.07) is 21.3. The Hall–Kier alpha value is -3.97. The van der Waals surface area contributed by atoms with E-state index >= 15 is 0 Å². The average molecular weight is 484 g/mol. The molecule has 6 nitrogen and oxygen atoms in total. The second-order valence-electron chi connectivity index (χ2n) is 7.90. The lowest BCUT2D eigenvalue weighted by Gasteiger charge is -2.22. The summed E-state index contributed by atoms with van der Waals surface area (Å²) < 4.78 is 12.5. The lowest BCUT2D eigenvalue weighted by Crippen LogP contribution is -2.31. The molecule has 0 aliphatic carbocycles. The number of aromatic nitrogens is 2. The summed E-state index contributed by atoms with van der Waals surface area (Å²) in [7, 11) is 0. The molecule has 176 valence electrons. The molecule has 0 aliphatic heterocycles. The number of hydrogen-bond acceptors (Lipinski definition) is 6. The molecule has 5 aromatic rings. The molecular formula is C28H25N3O3S. The van der Waals surface area contributed by atoms with Gasteiger partial charge in [0.05, 0.1) is 35.5 Å². The van der Waals surface area contributed by atoms with Crippen LogP contribution in [0.15, 0.2) is 79.1 Å². The topological polar surface area (TPSA) is 64.5 Å². The van der Waals surface area contributed by atoms with Crippen LogP contribution in [0.4, 0.5) is 5.13 Å². The Bertz CT molecular complexity index is 1480. The third-order valence-corrected chi connectivity index (χ3v) is 6.64. The van der Waals surface area contributed by atoms with Gasteiger partial charge in [0.2, 0.25) is 0 Å². The van der Waals surface area contributed by atoms with Gasteiger partial charge in [0, 0.05) is 12.4 Å². The van der Waals surface area contributed by atoms with Crippen molar-refractivity contribution in [1.82, 2.24) is 9.97 Å². The lowest BCUT2D eigenvalue weighted by molar-refractivity contribution is 0.0983. The number of carbonyl (C=O) groups excluding carboxylic acids is 1. The number of anilines is 1. The fourth-order valence-corrected chi connectivity index (χ4v) is 5.04. The number of nitrogens with zero attached hydrogens (tertiary/aromatic N) is 3. The van der Waals surface area contributed by atoms with Crippen molar-refractivity contribution in [2.75, 3.05) is 18.1 Å². The molecule has 0 radical (unpaired) electrons. The maximum Gasteiger partial charge on any atom is 0.264 e. The van der Waals surface area contributed by atoms with Gasteiger partial charge in [-0.15, -0.1) is 0 Å². The van der Waals surface area contributed by atoms with E-state index in [1.807, 2.05) is 80.6 Å². The predicted molar refractivity (Wildman–Crippen MR) is 141 cm³/mol. The summed E-state index contributed by atoms with van der Waals surface area (Å²) in [6.45, 7) is 5.25. The van der Waals surface area contributed by atoms with Gasteiger partial charge in [0.25, 0.3) is 5.91 Å². The molecule has 0 atom stereocenters. The number of rotatable bonds is 8. The van der Waals surface area contributed by atoms with Crippen LogP contribution in [-0.4, -0.2) is 29.1 Å². The van der Waals surface area contributed by atoms with Crippen LogP contribution in [-0.2, 0) is 6.54 Å². The smallest absolute Gasteiger partial charge is 0.264 e. The number of ether oxygens (including phenoxy) is 2. The summed E-state index contributed by atoms with van der Waals surface area (Å²) in [6.07, 6.45) is 3.49. The van der Waals surface area contributed by atoms with Crippen LogP contribution in [0.3, 0.4) is 0 Å². The van der Waals surface area contributed by atoms with E-state index in [1.54, 1.807) is 17.3 Å². The molecule has 3 aromatic carbocycles. The SMILES string of the molecule is CCOc1ccc2nc(N(Cc3cccnc3)C(=O)c3c(OCC)ccc4ccccc34)sc2c1. The molecule has 7 heteroatoms. The van der Waals surface area contributed by atoms with E-state index in [1.165, 1.54) is 11.3 Å². The van der Waals surface area contributed by atoms with Crippen LogP contribution < -0.4 is 14.4 Å². The molecule has 0 fully saturated rings. The van der Waals surface area contributed by atoms with E-state index in [9.17, 15) is 4.79 Å². The minimum Gasteiger partial charge on any atom is -0.494 e. The first-order valence-corrected chi connectivity index (χ1v) is 12.4. The Balaban J connectivity index is 1.65. The van der Waals surface area contributed by atoms with Crippen molar-refractivity contribution in [1.29, 1.82) is 0 Å². The molecule has 0 saturated carbocycles. The van der Waals surface area contributed by atoms with Crippen molar-refractivity contribution >= 4 is 43.4 Å². The van der Waals surface area contributed by atoms with Crippen molar-refractivity contribution in [3.63, 3.8) is 0 Å². The fraction of sp³-hybridized carbons (Fsp3) is 0.179. The van der Waals surface area contributed by atoms with E-state index in [2.05, 4.69) is 4.98 Å². The summed E-state index contributed by atoms with van der Waals surface area (Å²) in [5.41, 5.74) is 2.26. The first-order chi connectivity index (χ1) is 17.2. The standard InChI is InChI=1S/C28H25N3O3S/c1-3-33-21-12-13-23-25(16-21)35-28(30-23)31(18-19-8-7-15-29-17-19)27(32)26-22-10-6-5-9-20(22)11-14-24(26)34-4-2/h5-17H,3-4,18H2,1-2H3. The molecule has 0 aliphatic rings. The number of hydrogen-bond donors (Lipinski definition) is 0. The zero-order valence-electron chi connectivity index (χ0n) is 19.6. The largest absolute Gasteiger partial charge is 0.494 e. The van der Waals surface area contributed by atoms with Gasteiger partial charge < -0.3 is 9.47 Å². The van der Waals surface area contributed by atoms with Gasteiger partial charge >= 0.3 is 0 Å². The predicted octanol–water partition coefficient (Wildman–Crippen LogP) is 6.49. The molecule has 0 saturated heterocycles. The van der Waals surface area contributed by atoms with Gasteiger partial charge in [-0.2, -0.15) is 0 Å². The normalized spacial score (nSPS) is 11.0. The first kappa shape index (κ1) is 22.8. The van der Waals surface area contributed by atoms with Crippen molar-refractivity contribution in [2.45, 2.75) is 20.4 Å². The highest BCUT2D eigenvalue weighted by Crippen LogP contribution is 2.36. The monoisotopic (exact) mass is 483 g/mol. The minimum absolute atomic E-state index is 0.168. The molecule has 2 aromatic heterocycles. The number of carbonyl (C=O) groups is 1. The first-order valence-electron chi connectivity index (χ1n) is 11.6. The maximum atomic E-state index is 14.3. The van der Waals surface area contributed by atoms with Crippen molar-refractivity contribution < 1.29 is 14.3 Å². The Kier molecular flexibility index (Phi) is 6.59. The molecule has 2 heterocycles. The summed E-state index contributed by atoms with van der Waals surface area (Å²) in [5, 5.41) is 2.43. The second kappa shape index (κ2) is 10.1. The molecule has 0 N–H and O–H groups in total. The third-order valence-electron chi connectivity index (χ3n) is 5.60. The highest BCUT2D eigenvalue weighted by molar-refractivity contribution is 7.22. The summed E-state index contributed by atoms with van der Waals surface area (Å²) in [4.78, 5) is 25.0. The van der Waals surface area contributed by atoms with Gasteiger partial charge in [-0.25, -0.2) is 4.98 Å². The number of amides is 1. The second-order valence-corrected chi connectivity index (χ2v) is 8.91.